The Morgan fingerprint density at radius 2 is 1.47 bits per heavy atom. The maximum atomic E-state index is 13.5. The van der Waals surface area contributed by atoms with Crippen molar-refractivity contribution in [1.82, 2.24) is 14.7 Å². The molecule has 2 saturated heterocycles. The lowest BCUT2D eigenvalue weighted by Gasteiger charge is -2.42. The highest BCUT2D eigenvalue weighted by Crippen LogP contribution is 2.30. The minimum absolute atomic E-state index is 0.0571. The average molecular weight is 440 g/mol. The number of piperazine rings is 1. The Morgan fingerprint density at radius 1 is 0.906 bits per heavy atom. The predicted octanol–water partition coefficient (Wildman–Crippen LogP) is 4.24. The normalized spacial score (nSPS) is 20.5. The van der Waals surface area contributed by atoms with Gasteiger partial charge >= 0.3 is 0 Å². The van der Waals surface area contributed by atoms with Crippen LogP contribution in [0.4, 0.5) is 8.78 Å². The van der Waals surface area contributed by atoms with Gasteiger partial charge in [-0.2, -0.15) is 0 Å². The summed E-state index contributed by atoms with van der Waals surface area (Å²) >= 11 is 0. The van der Waals surface area contributed by atoms with Gasteiger partial charge in [0.2, 0.25) is 5.91 Å². The molecular weight excluding hydrogens is 408 g/mol. The third kappa shape index (κ3) is 5.08. The number of hydrogen-bond donors (Lipinski definition) is 0. The summed E-state index contributed by atoms with van der Waals surface area (Å²) in [5.41, 5.74) is 1.92. The zero-order valence-electron chi connectivity index (χ0n) is 18.4. The van der Waals surface area contributed by atoms with Crippen molar-refractivity contribution < 1.29 is 13.6 Å². The van der Waals surface area contributed by atoms with Crippen molar-refractivity contribution >= 4 is 5.91 Å². The molecule has 1 amide bonds. The van der Waals surface area contributed by atoms with Crippen LogP contribution >= 0.6 is 0 Å². The van der Waals surface area contributed by atoms with E-state index in [1.54, 1.807) is 24.3 Å². The lowest BCUT2D eigenvalue weighted by atomic mass is 9.96. The molecule has 0 bridgehead atoms. The number of amides is 1. The molecule has 0 aliphatic carbocycles. The van der Waals surface area contributed by atoms with Crippen molar-refractivity contribution in [2.45, 2.75) is 31.3 Å². The predicted molar refractivity (Wildman–Crippen MR) is 122 cm³/mol. The lowest BCUT2D eigenvalue weighted by molar-refractivity contribution is -0.140. The monoisotopic (exact) mass is 439 g/mol. The van der Waals surface area contributed by atoms with Gasteiger partial charge in [0.25, 0.3) is 0 Å². The Balaban J connectivity index is 1.48. The fourth-order valence-corrected chi connectivity index (χ4v) is 4.97. The van der Waals surface area contributed by atoms with E-state index in [0.717, 1.165) is 43.5 Å². The molecule has 32 heavy (non-hydrogen) atoms. The van der Waals surface area contributed by atoms with E-state index in [-0.39, 0.29) is 29.6 Å². The molecular formula is C26H31F2N3O. The number of likely N-dealkylation sites (tertiary alicyclic amines) is 1. The maximum absolute atomic E-state index is 13.5. The zero-order chi connectivity index (χ0) is 22.5. The van der Waals surface area contributed by atoms with Crippen LogP contribution < -0.4 is 0 Å². The Bertz CT molecular complexity index is 862. The molecule has 0 saturated carbocycles. The zero-order valence-corrected chi connectivity index (χ0v) is 18.4. The SMILES string of the molecule is C=CCN1CCCC[C@H]1C(=O)N1CCN(C(c2ccc(F)cc2)c2ccc(F)cc2)CC1. The van der Waals surface area contributed by atoms with E-state index in [4.69, 9.17) is 0 Å². The van der Waals surface area contributed by atoms with Gasteiger partial charge in [-0.05, 0) is 54.8 Å². The number of piperidine rings is 1. The van der Waals surface area contributed by atoms with Gasteiger partial charge < -0.3 is 4.90 Å². The van der Waals surface area contributed by atoms with Gasteiger partial charge in [-0.15, -0.1) is 6.58 Å². The van der Waals surface area contributed by atoms with E-state index in [0.29, 0.717) is 26.2 Å². The first-order valence-corrected chi connectivity index (χ1v) is 11.5. The number of hydrogen-bond acceptors (Lipinski definition) is 3. The third-order valence-electron chi connectivity index (χ3n) is 6.62. The summed E-state index contributed by atoms with van der Waals surface area (Å²) < 4.78 is 27.1. The number of carbonyl (C=O) groups is 1. The van der Waals surface area contributed by atoms with Crippen LogP contribution in [-0.4, -0.2) is 65.9 Å². The van der Waals surface area contributed by atoms with Gasteiger partial charge in [0.05, 0.1) is 12.1 Å². The second-order valence-electron chi connectivity index (χ2n) is 8.66. The molecule has 2 aliphatic heterocycles. The summed E-state index contributed by atoms with van der Waals surface area (Å²) in [5.74, 6) is -0.344. The van der Waals surface area contributed by atoms with E-state index in [1.807, 2.05) is 11.0 Å². The second-order valence-corrected chi connectivity index (χ2v) is 8.66. The molecule has 0 unspecified atom stereocenters. The molecule has 0 aromatic heterocycles. The van der Waals surface area contributed by atoms with Crippen LogP contribution in [0, 0.1) is 11.6 Å². The summed E-state index contributed by atoms with van der Waals surface area (Å²) in [6.45, 7) is 8.24. The Kier molecular flexibility index (Phi) is 7.33. The van der Waals surface area contributed by atoms with Crippen molar-refractivity contribution in [3.05, 3.63) is 83.9 Å². The summed E-state index contributed by atoms with van der Waals surface area (Å²) in [6, 6.07) is 12.8. The van der Waals surface area contributed by atoms with Crippen LogP contribution in [0.1, 0.15) is 36.4 Å². The highest BCUT2D eigenvalue weighted by Gasteiger charge is 2.34. The first-order valence-electron chi connectivity index (χ1n) is 11.5. The van der Waals surface area contributed by atoms with Crippen LogP contribution in [0.5, 0.6) is 0 Å². The summed E-state index contributed by atoms with van der Waals surface area (Å²) in [4.78, 5) is 19.8. The molecule has 0 radical (unpaired) electrons. The summed E-state index contributed by atoms with van der Waals surface area (Å²) in [5, 5.41) is 0. The molecule has 0 spiro atoms. The standard InChI is InChI=1S/C26H31F2N3O/c1-2-14-29-15-4-3-5-24(29)26(32)31-18-16-30(17-19-31)25(20-6-10-22(27)11-7-20)21-8-12-23(28)13-9-21/h2,6-13,24-25H,1,3-5,14-19H2/t24-/m0/s1. The van der Waals surface area contributed by atoms with Gasteiger partial charge in [0.1, 0.15) is 11.6 Å². The molecule has 0 N–H and O–H groups in total. The number of halogens is 2. The van der Waals surface area contributed by atoms with Gasteiger partial charge in [-0.25, -0.2) is 8.78 Å². The minimum atomic E-state index is -0.279. The highest BCUT2D eigenvalue weighted by molar-refractivity contribution is 5.82. The summed E-state index contributed by atoms with van der Waals surface area (Å²) in [7, 11) is 0. The number of rotatable bonds is 6. The fraction of sp³-hybridized carbons (Fsp3) is 0.423. The first kappa shape index (κ1) is 22.6. The molecule has 1 atom stereocenters. The topological polar surface area (TPSA) is 26.8 Å². The van der Waals surface area contributed by atoms with Crippen LogP contribution in [-0.2, 0) is 4.79 Å². The third-order valence-corrected chi connectivity index (χ3v) is 6.62. The van der Waals surface area contributed by atoms with Gasteiger partial charge in [0, 0.05) is 32.7 Å². The van der Waals surface area contributed by atoms with E-state index in [9.17, 15) is 13.6 Å². The van der Waals surface area contributed by atoms with Gasteiger partial charge in [-0.3, -0.25) is 14.6 Å². The number of nitrogens with zero attached hydrogens (tertiary/aromatic N) is 3. The maximum Gasteiger partial charge on any atom is 0.240 e. The van der Waals surface area contributed by atoms with E-state index >= 15 is 0 Å². The van der Waals surface area contributed by atoms with Crippen molar-refractivity contribution in [1.29, 1.82) is 0 Å². The van der Waals surface area contributed by atoms with Crippen LogP contribution in [0.3, 0.4) is 0 Å². The molecule has 170 valence electrons. The molecule has 2 fully saturated rings. The Hall–Kier alpha value is -2.57. The first-order chi connectivity index (χ1) is 15.6. The molecule has 2 aliphatic rings. The number of carbonyl (C=O) groups excluding carboxylic acids is 1. The molecule has 4 nitrogen and oxygen atoms in total. The van der Waals surface area contributed by atoms with Crippen LogP contribution in [0.25, 0.3) is 0 Å². The molecule has 6 heteroatoms. The molecule has 2 aromatic carbocycles. The molecule has 2 aromatic rings. The average Bonchev–Trinajstić information content (AvgIpc) is 2.82. The van der Waals surface area contributed by atoms with Crippen molar-refractivity contribution in [3.8, 4) is 0 Å². The molecule has 2 heterocycles. The van der Waals surface area contributed by atoms with E-state index in [1.165, 1.54) is 24.3 Å². The van der Waals surface area contributed by atoms with Crippen molar-refractivity contribution in [2.24, 2.45) is 0 Å². The largest absolute Gasteiger partial charge is 0.339 e. The Morgan fingerprint density at radius 3 is 2.00 bits per heavy atom. The van der Waals surface area contributed by atoms with E-state index in [2.05, 4.69) is 16.4 Å². The van der Waals surface area contributed by atoms with Crippen molar-refractivity contribution in [2.75, 3.05) is 39.3 Å². The lowest BCUT2D eigenvalue weighted by Crippen LogP contribution is -2.56. The second kappa shape index (κ2) is 10.4. The van der Waals surface area contributed by atoms with Crippen molar-refractivity contribution in [3.63, 3.8) is 0 Å². The van der Waals surface area contributed by atoms with Gasteiger partial charge in [-0.1, -0.05) is 36.8 Å². The molecule has 4 rings (SSSR count). The fourth-order valence-electron chi connectivity index (χ4n) is 4.97. The number of benzene rings is 2. The quantitative estimate of drug-likeness (QED) is 0.630. The van der Waals surface area contributed by atoms with Crippen LogP contribution in [0.2, 0.25) is 0 Å². The highest BCUT2D eigenvalue weighted by atomic mass is 19.1. The van der Waals surface area contributed by atoms with E-state index < -0.39 is 0 Å². The Labute approximate surface area is 189 Å². The van der Waals surface area contributed by atoms with Crippen LogP contribution in [0.15, 0.2) is 61.2 Å². The smallest absolute Gasteiger partial charge is 0.240 e. The minimum Gasteiger partial charge on any atom is -0.339 e. The summed E-state index contributed by atoms with van der Waals surface area (Å²) in [6.07, 6.45) is 4.99. The van der Waals surface area contributed by atoms with Gasteiger partial charge in [0.15, 0.2) is 0 Å².